The van der Waals surface area contributed by atoms with Crippen LogP contribution in [-0.2, 0) is 11.3 Å². The molecule has 1 aliphatic heterocycles. The predicted molar refractivity (Wildman–Crippen MR) is 123 cm³/mol. The summed E-state index contributed by atoms with van der Waals surface area (Å²) >= 11 is 0. The highest BCUT2D eigenvalue weighted by atomic mass is 19.1. The van der Waals surface area contributed by atoms with Gasteiger partial charge in [0.05, 0.1) is 23.9 Å². The summed E-state index contributed by atoms with van der Waals surface area (Å²) in [5.74, 6) is -0.287. The lowest BCUT2D eigenvalue weighted by Gasteiger charge is -2.36. The Labute approximate surface area is 189 Å². The van der Waals surface area contributed by atoms with Gasteiger partial charge in [-0.1, -0.05) is 30.3 Å². The first-order valence-corrected chi connectivity index (χ1v) is 10.9. The van der Waals surface area contributed by atoms with Gasteiger partial charge in [0.25, 0.3) is 5.56 Å². The molecule has 0 saturated carbocycles. The summed E-state index contributed by atoms with van der Waals surface area (Å²) < 4.78 is 17.1. The van der Waals surface area contributed by atoms with E-state index in [9.17, 15) is 14.0 Å². The highest BCUT2D eigenvalue weighted by Crippen LogP contribution is 2.20. The molecular weight excluding hydrogens is 423 g/mol. The second-order valence-corrected chi connectivity index (χ2v) is 7.94. The Morgan fingerprint density at radius 2 is 1.70 bits per heavy atom. The van der Waals surface area contributed by atoms with Crippen molar-refractivity contribution in [1.82, 2.24) is 24.2 Å². The molecule has 1 saturated heterocycles. The Balaban J connectivity index is 1.23. The van der Waals surface area contributed by atoms with Gasteiger partial charge in [0.2, 0.25) is 5.91 Å². The number of anilines is 1. The van der Waals surface area contributed by atoms with Crippen molar-refractivity contribution in [2.45, 2.75) is 13.0 Å². The molecule has 33 heavy (non-hydrogen) atoms. The number of para-hydroxylation sites is 2. The topological polar surface area (TPSA) is 76.3 Å². The van der Waals surface area contributed by atoms with E-state index in [4.69, 9.17) is 0 Å². The van der Waals surface area contributed by atoms with E-state index in [0.717, 1.165) is 5.69 Å². The van der Waals surface area contributed by atoms with Gasteiger partial charge in [-0.3, -0.25) is 14.2 Å². The molecule has 5 rings (SSSR count). The Hall–Kier alpha value is -4.01. The highest BCUT2D eigenvalue weighted by molar-refractivity contribution is 5.77. The van der Waals surface area contributed by atoms with Crippen molar-refractivity contribution in [2.75, 3.05) is 31.1 Å². The third-order valence-electron chi connectivity index (χ3n) is 5.95. The third-order valence-corrected chi connectivity index (χ3v) is 5.95. The lowest BCUT2D eigenvalue weighted by atomic mass is 10.2. The zero-order valence-corrected chi connectivity index (χ0v) is 18.0. The number of carbonyl (C=O) groups is 1. The minimum Gasteiger partial charge on any atom is -0.366 e. The van der Waals surface area contributed by atoms with Gasteiger partial charge in [0.1, 0.15) is 11.2 Å². The summed E-state index contributed by atoms with van der Waals surface area (Å²) in [7, 11) is 0. The first-order chi connectivity index (χ1) is 16.1. The number of amides is 1. The number of rotatable bonds is 5. The zero-order valence-electron chi connectivity index (χ0n) is 18.0. The first-order valence-electron chi connectivity index (χ1n) is 10.9. The Morgan fingerprint density at radius 3 is 2.45 bits per heavy atom. The molecular formula is C24H23FN6O2. The summed E-state index contributed by atoms with van der Waals surface area (Å²) in [4.78, 5) is 33.8. The molecule has 8 nitrogen and oxygen atoms in total. The smallest absolute Gasteiger partial charge is 0.264 e. The minimum absolute atomic E-state index is 0.0323. The molecule has 0 N–H and O–H groups in total. The van der Waals surface area contributed by atoms with Gasteiger partial charge in [-0.15, -0.1) is 0 Å². The highest BCUT2D eigenvalue weighted by Gasteiger charge is 2.22. The molecule has 0 radical (unpaired) electrons. The number of halogens is 1. The van der Waals surface area contributed by atoms with Crippen molar-refractivity contribution < 1.29 is 9.18 Å². The second-order valence-electron chi connectivity index (χ2n) is 7.94. The lowest BCUT2D eigenvalue weighted by molar-refractivity contribution is -0.131. The molecule has 1 fully saturated rings. The molecule has 9 heteroatoms. The van der Waals surface area contributed by atoms with Crippen molar-refractivity contribution in [3.8, 4) is 5.69 Å². The van der Waals surface area contributed by atoms with Gasteiger partial charge in [-0.2, -0.15) is 5.10 Å². The zero-order chi connectivity index (χ0) is 22.8. The Kier molecular flexibility index (Phi) is 5.60. The SMILES string of the molecule is O=C(CCn1cnc2c(cnn2-c2ccccc2)c1=O)N1CCN(c2ccccc2F)CC1. The second kappa shape index (κ2) is 8.85. The maximum Gasteiger partial charge on any atom is 0.264 e. The third kappa shape index (κ3) is 4.09. The van der Waals surface area contributed by atoms with Crippen LogP contribution in [0.5, 0.6) is 0 Å². The molecule has 0 aliphatic carbocycles. The van der Waals surface area contributed by atoms with Crippen LogP contribution in [-0.4, -0.2) is 56.3 Å². The molecule has 0 atom stereocenters. The van der Waals surface area contributed by atoms with Crippen LogP contribution in [0.15, 0.2) is 71.9 Å². The molecule has 3 heterocycles. The van der Waals surface area contributed by atoms with E-state index in [-0.39, 0.29) is 30.2 Å². The number of carbonyl (C=O) groups excluding carboxylic acids is 1. The van der Waals surface area contributed by atoms with Crippen LogP contribution >= 0.6 is 0 Å². The van der Waals surface area contributed by atoms with Gasteiger partial charge in [0, 0.05) is 39.1 Å². The Morgan fingerprint density at radius 1 is 0.970 bits per heavy atom. The van der Waals surface area contributed by atoms with Crippen LogP contribution in [0.3, 0.4) is 0 Å². The summed E-state index contributed by atoms with van der Waals surface area (Å²) in [5.41, 5.74) is 1.64. The monoisotopic (exact) mass is 446 g/mol. The number of hydrogen-bond donors (Lipinski definition) is 0. The van der Waals surface area contributed by atoms with Crippen molar-refractivity contribution in [1.29, 1.82) is 0 Å². The molecule has 0 unspecified atom stereocenters. The lowest BCUT2D eigenvalue weighted by Crippen LogP contribution is -2.49. The molecule has 1 aliphatic rings. The molecule has 2 aromatic carbocycles. The first kappa shape index (κ1) is 20.9. The van der Waals surface area contributed by atoms with Crippen LogP contribution in [0.25, 0.3) is 16.7 Å². The fourth-order valence-corrected chi connectivity index (χ4v) is 4.15. The molecule has 2 aromatic heterocycles. The van der Waals surface area contributed by atoms with E-state index in [2.05, 4.69) is 10.1 Å². The fraction of sp³-hybridized carbons (Fsp3) is 0.250. The number of hydrogen-bond acceptors (Lipinski definition) is 5. The van der Waals surface area contributed by atoms with Crippen molar-refractivity contribution in [3.05, 3.63) is 83.3 Å². The summed E-state index contributed by atoms with van der Waals surface area (Å²) in [6.07, 6.45) is 3.17. The van der Waals surface area contributed by atoms with Gasteiger partial charge in [-0.25, -0.2) is 14.1 Å². The minimum atomic E-state index is -0.255. The Bertz CT molecular complexity index is 1340. The average Bonchev–Trinajstić information content (AvgIpc) is 3.29. The van der Waals surface area contributed by atoms with Crippen molar-refractivity contribution >= 4 is 22.6 Å². The summed E-state index contributed by atoms with van der Waals surface area (Å²) in [6.45, 7) is 2.41. The maximum absolute atomic E-state index is 14.0. The van der Waals surface area contributed by atoms with Crippen LogP contribution in [0.1, 0.15) is 6.42 Å². The fourth-order valence-electron chi connectivity index (χ4n) is 4.15. The van der Waals surface area contributed by atoms with E-state index in [1.165, 1.54) is 23.2 Å². The number of nitrogens with zero attached hydrogens (tertiary/aromatic N) is 6. The molecule has 1 amide bonds. The van der Waals surface area contributed by atoms with Gasteiger partial charge >= 0.3 is 0 Å². The average molecular weight is 446 g/mol. The van der Waals surface area contributed by atoms with Crippen LogP contribution < -0.4 is 10.5 Å². The quantitative estimate of drug-likeness (QED) is 0.471. The molecule has 168 valence electrons. The predicted octanol–water partition coefficient (Wildman–Crippen LogP) is 2.46. The van der Waals surface area contributed by atoms with Gasteiger partial charge in [-0.05, 0) is 24.3 Å². The van der Waals surface area contributed by atoms with Gasteiger partial charge in [0.15, 0.2) is 5.65 Å². The van der Waals surface area contributed by atoms with Crippen LogP contribution in [0.2, 0.25) is 0 Å². The summed E-state index contributed by atoms with van der Waals surface area (Å²) in [6, 6.07) is 16.2. The van der Waals surface area contributed by atoms with E-state index in [0.29, 0.717) is 42.9 Å². The number of benzene rings is 2. The van der Waals surface area contributed by atoms with Crippen molar-refractivity contribution in [2.24, 2.45) is 0 Å². The van der Waals surface area contributed by atoms with E-state index < -0.39 is 0 Å². The summed E-state index contributed by atoms with van der Waals surface area (Å²) in [5, 5.41) is 4.72. The standard InChI is InChI=1S/C24H23FN6O2/c25-20-8-4-5-9-21(20)28-12-14-29(15-13-28)22(32)10-11-30-17-26-23-19(24(30)33)16-27-31(23)18-6-2-1-3-7-18/h1-9,16-17H,10-15H2. The number of piperazine rings is 1. The molecule has 0 bridgehead atoms. The molecule has 4 aromatic rings. The van der Waals surface area contributed by atoms with E-state index >= 15 is 0 Å². The van der Waals surface area contributed by atoms with E-state index in [1.54, 1.807) is 21.7 Å². The number of aromatic nitrogens is 4. The van der Waals surface area contributed by atoms with Crippen molar-refractivity contribution in [3.63, 3.8) is 0 Å². The maximum atomic E-state index is 14.0. The van der Waals surface area contributed by atoms with Gasteiger partial charge < -0.3 is 9.80 Å². The van der Waals surface area contributed by atoms with E-state index in [1.807, 2.05) is 41.3 Å². The number of aryl methyl sites for hydroxylation is 1. The normalized spacial score (nSPS) is 14.1. The number of fused-ring (bicyclic) bond motifs is 1. The van der Waals surface area contributed by atoms with Crippen LogP contribution in [0, 0.1) is 5.82 Å². The largest absolute Gasteiger partial charge is 0.366 e. The molecule has 0 spiro atoms. The van der Waals surface area contributed by atoms with Crippen LogP contribution in [0.4, 0.5) is 10.1 Å².